The van der Waals surface area contributed by atoms with E-state index in [-0.39, 0.29) is 11.8 Å². The molecule has 1 aromatic carbocycles. The molecule has 0 aliphatic carbocycles. The Morgan fingerprint density at radius 2 is 1.91 bits per heavy atom. The largest absolute Gasteiger partial charge is 0.496 e. The van der Waals surface area contributed by atoms with Crippen LogP contribution in [0.3, 0.4) is 0 Å². The first-order valence-corrected chi connectivity index (χ1v) is 7.60. The highest BCUT2D eigenvalue weighted by atomic mass is 16.5. The SMILES string of the molecule is CNC(=O)[C@H](CC(C)C)NC(=O)CCc1ccccc1OC. The summed E-state index contributed by atoms with van der Waals surface area (Å²) >= 11 is 0. The molecule has 5 heteroatoms. The molecule has 22 heavy (non-hydrogen) atoms. The Kier molecular flexibility index (Phi) is 7.43. The summed E-state index contributed by atoms with van der Waals surface area (Å²) < 4.78 is 5.27. The monoisotopic (exact) mass is 306 g/mol. The van der Waals surface area contributed by atoms with Gasteiger partial charge < -0.3 is 15.4 Å². The molecule has 2 N–H and O–H groups in total. The van der Waals surface area contributed by atoms with Crippen LogP contribution in [0.15, 0.2) is 24.3 Å². The highest BCUT2D eigenvalue weighted by Crippen LogP contribution is 2.18. The lowest BCUT2D eigenvalue weighted by atomic mass is 10.0. The number of nitrogens with one attached hydrogen (secondary N) is 2. The zero-order valence-corrected chi connectivity index (χ0v) is 13.8. The molecule has 1 rings (SSSR count). The van der Waals surface area contributed by atoms with Crippen molar-refractivity contribution in [2.24, 2.45) is 5.92 Å². The van der Waals surface area contributed by atoms with Gasteiger partial charge in [-0.1, -0.05) is 32.0 Å². The average molecular weight is 306 g/mol. The predicted octanol–water partition coefficient (Wildman–Crippen LogP) is 1.90. The molecule has 0 bridgehead atoms. The predicted molar refractivity (Wildman–Crippen MR) is 86.8 cm³/mol. The molecule has 122 valence electrons. The summed E-state index contributed by atoms with van der Waals surface area (Å²) in [4.78, 5) is 23.9. The number of benzene rings is 1. The Morgan fingerprint density at radius 1 is 1.23 bits per heavy atom. The number of likely N-dealkylation sites (N-methyl/N-ethyl adjacent to an activating group) is 1. The van der Waals surface area contributed by atoms with Crippen LogP contribution in [-0.4, -0.2) is 32.0 Å². The number of rotatable bonds is 8. The van der Waals surface area contributed by atoms with Crippen molar-refractivity contribution >= 4 is 11.8 Å². The molecular formula is C17H26N2O3. The fraction of sp³-hybridized carbons (Fsp3) is 0.529. The molecule has 0 radical (unpaired) electrons. The van der Waals surface area contributed by atoms with Crippen molar-refractivity contribution in [2.75, 3.05) is 14.2 Å². The first-order valence-electron chi connectivity index (χ1n) is 7.60. The van der Waals surface area contributed by atoms with E-state index in [1.165, 1.54) is 0 Å². The third kappa shape index (κ3) is 5.76. The van der Waals surface area contributed by atoms with Gasteiger partial charge in [0.15, 0.2) is 0 Å². The van der Waals surface area contributed by atoms with Crippen LogP contribution in [0.1, 0.15) is 32.3 Å². The zero-order chi connectivity index (χ0) is 16.5. The molecule has 1 atom stereocenters. The van der Waals surface area contributed by atoms with Gasteiger partial charge in [0.25, 0.3) is 0 Å². The Morgan fingerprint density at radius 3 is 2.50 bits per heavy atom. The van der Waals surface area contributed by atoms with Crippen molar-refractivity contribution in [1.29, 1.82) is 0 Å². The Bertz CT molecular complexity index is 500. The van der Waals surface area contributed by atoms with Crippen LogP contribution < -0.4 is 15.4 Å². The van der Waals surface area contributed by atoms with Gasteiger partial charge >= 0.3 is 0 Å². The molecule has 1 aromatic rings. The lowest BCUT2D eigenvalue weighted by molar-refractivity contribution is -0.129. The molecule has 0 heterocycles. The second-order valence-electron chi connectivity index (χ2n) is 5.68. The number of ether oxygens (including phenoxy) is 1. The quantitative estimate of drug-likeness (QED) is 0.771. The number of methoxy groups -OCH3 is 1. The van der Waals surface area contributed by atoms with Gasteiger partial charge in [-0.25, -0.2) is 0 Å². The Hall–Kier alpha value is -2.04. The van der Waals surface area contributed by atoms with Crippen molar-refractivity contribution in [3.63, 3.8) is 0 Å². The summed E-state index contributed by atoms with van der Waals surface area (Å²) in [7, 11) is 3.19. The minimum absolute atomic E-state index is 0.125. The first kappa shape index (κ1) is 18.0. The molecule has 0 fully saturated rings. The second-order valence-corrected chi connectivity index (χ2v) is 5.68. The molecular weight excluding hydrogens is 280 g/mol. The van der Waals surface area contributed by atoms with Crippen LogP contribution in [0.25, 0.3) is 0 Å². The standard InChI is InChI=1S/C17H26N2O3/c1-12(2)11-14(17(21)18-3)19-16(20)10-9-13-7-5-6-8-15(13)22-4/h5-8,12,14H,9-11H2,1-4H3,(H,18,21)(H,19,20)/t14-/m0/s1. The Balaban J connectivity index is 2.58. The number of aryl methyl sites for hydroxylation is 1. The number of hydrogen-bond acceptors (Lipinski definition) is 3. The molecule has 5 nitrogen and oxygen atoms in total. The maximum absolute atomic E-state index is 12.1. The summed E-state index contributed by atoms with van der Waals surface area (Å²) in [6, 6.07) is 7.15. The number of amides is 2. The van der Waals surface area contributed by atoms with Gasteiger partial charge in [-0.05, 0) is 30.4 Å². The normalized spacial score (nSPS) is 11.9. The van der Waals surface area contributed by atoms with Gasteiger partial charge in [0.1, 0.15) is 11.8 Å². The van der Waals surface area contributed by atoms with Crippen molar-refractivity contribution < 1.29 is 14.3 Å². The summed E-state index contributed by atoms with van der Waals surface area (Å²) in [6.45, 7) is 4.05. The van der Waals surface area contributed by atoms with E-state index in [2.05, 4.69) is 10.6 Å². The van der Waals surface area contributed by atoms with Gasteiger partial charge in [-0.3, -0.25) is 9.59 Å². The van der Waals surface area contributed by atoms with Crippen molar-refractivity contribution in [1.82, 2.24) is 10.6 Å². The van der Waals surface area contributed by atoms with Crippen molar-refractivity contribution in [3.05, 3.63) is 29.8 Å². The Labute approximate surface area is 132 Å². The van der Waals surface area contributed by atoms with E-state index >= 15 is 0 Å². The molecule has 0 aromatic heterocycles. The van der Waals surface area contributed by atoms with Crippen LogP contribution in [-0.2, 0) is 16.0 Å². The summed E-state index contributed by atoms with van der Waals surface area (Å²) in [5, 5.41) is 5.41. The number of carbonyl (C=O) groups excluding carboxylic acids is 2. The van der Waals surface area contributed by atoms with Gasteiger partial charge in [-0.15, -0.1) is 0 Å². The van der Waals surface area contributed by atoms with Gasteiger partial charge in [-0.2, -0.15) is 0 Å². The summed E-state index contributed by atoms with van der Waals surface area (Å²) in [5.74, 6) is 0.830. The van der Waals surface area contributed by atoms with Gasteiger partial charge in [0.05, 0.1) is 7.11 Å². The summed E-state index contributed by atoms with van der Waals surface area (Å²) in [6.07, 6.45) is 1.53. The molecule has 0 spiro atoms. The van der Waals surface area contributed by atoms with E-state index < -0.39 is 6.04 Å². The van der Waals surface area contributed by atoms with E-state index in [9.17, 15) is 9.59 Å². The zero-order valence-electron chi connectivity index (χ0n) is 13.8. The summed E-state index contributed by atoms with van der Waals surface area (Å²) in [5.41, 5.74) is 0.987. The fourth-order valence-corrected chi connectivity index (χ4v) is 2.30. The highest BCUT2D eigenvalue weighted by Gasteiger charge is 2.20. The van der Waals surface area contributed by atoms with Gasteiger partial charge in [0.2, 0.25) is 11.8 Å². The third-order valence-corrected chi connectivity index (χ3v) is 3.42. The lowest BCUT2D eigenvalue weighted by Gasteiger charge is -2.19. The average Bonchev–Trinajstić information content (AvgIpc) is 2.51. The van der Waals surface area contributed by atoms with Crippen LogP contribution >= 0.6 is 0 Å². The number of para-hydroxylation sites is 1. The third-order valence-electron chi connectivity index (χ3n) is 3.42. The van der Waals surface area contributed by atoms with Crippen LogP contribution in [0.4, 0.5) is 0 Å². The maximum atomic E-state index is 12.1. The number of hydrogen-bond donors (Lipinski definition) is 2. The minimum atomic E-state index is -0.477. The molecule has 0 unspecified atom stereocenters. The molecule has 0 saturated carbocycles. The van der Waals surface area contributed by atoms with E-state index in [4.69, 9.17) is 4.74 Å². The van der Waals surface area contributed by atoms with Crippen molar-refractivity contribution in [3.8, 4) is 5.75 Å². The minimum Gasteiger partial charge on any atom is -0.496 e. The van der Waals surface area contributed by atoms with E-state index in [0.717, 1.165) is 11.3 Å². The highest BCUT2D eigenvalue weighted by molar-refractivity contribution is 5.87. The van der Waals surface area contributed by atoms with Crippen molar-refractivity contribution in [2.45, 2.75) is 39.2 Å². The molecule has 2 amide bonds. The van der Waals surface area contributed by atoms with E-state index in [1.54, 1.807) is 14.2 Å². The molecule has 0 aliphatic heterocycles. The second kappa shape index (κ2) is 9.07. The smallest absolute Gasteiger partial charge is 0.242 e. The van der Waals surface area contributed by atoms with Crippen LogP contribution in [0.2, 0.25) is 0 Å². The van der Waals surface area contributed by atoms with Gasteiger partial charge in [0, 0.05) is 13.5 Å². The first-order chi connectivity index (χ1) is 10.5. The molecule has 0 saturated heterocycles. The fourth-order valence-electron chi connectivity index (χ4n) is 2.30. The van der Waals surface area contributed by atoms with E-state index in [0.29, 0.717) is 25.2 Å². The van der Waals surface area contributed by atoms with Crippen LogP contribution in [0, 0.1) is 5.92 Å². The van der Waals surface area contributed by atoms with E-state index in [1.807, 2.05) is 38.1 Å². The molecule has 0 aliphatic rings. The maximum Gasteiger partial charge on any atom is 0.242 e. The number of carbonyl (C=O) groups is 2. The topological polar surface area (TPSA) is 67.4 Å². The lowest BCUT2D eigenvalue weighted by Crippen LogP contribution is -2.46. The van der Waals surface area contributed by atoms with Crippen LogP contribution in [0.5, 0.6) is 5.75 Å².